The Morgan fingerprint density at radius 1 is 1.36 bits per heavy atom. The van der Waals surface area contributed by atoms with Gasteiger partial charge in [0.15, 0.2) is 0 Å². The third kappa shape index (κ3) is 2.31. The monoisotopic (exact) mass is 197 g/mol. The van der Waals surface area contributed by atoms with Crippen LogP contribution in [0.2, 0.25) is 0 Å². The summed E-state index contributed by atoms with van der Waals surface area (Å²) in [4.78, 5) is 0. The zero-order chi connectivity index (χ0) is 10.6. The maximum absolute atomic E-state index is 3.56. The molecule has 1 saturated heterocycles. The predicted octanol–water partition coefficient (Wildman–Crippen LogP) is 3.45. The van der Waals surface area contributed by atoms with Crippen LogP contribution in [-0.2, 0) is 0 Å². The van der Waals surface area contributed by atoms with E-state index in [1.54, 1.807) is 0 Å². The molecule has 1 nitrogen and oxygen atoms in total. The van der Waals surface area contributed by atoms with Crippen LogP contribution in [0.5, 0.6) is 0 Å². The van der Waals surface area contributed by atoms with Crippen molar-refractivity contribution in [3.8, 4) is 0 Å². The van der Waals surface area contributed by atoms with Gasteiger partial charge in [-0.15, -0.1) is 0 Å². The second-order valence-corrected chi connectivity index (χ2v) is 5.27. The van der Waals surface area contributed by atoms with Gasteiger partial charge in [0.1, 0.15) is 0 Å². The van der Waals surface area contributed by atoms with Crippen LogP contribution in [0.25, 0.3) is 0 Å². The third-order valence-corrected chi connectivity index (χ3v) is 4.21. The molecule has 0 aliphatic carbocycles. The van der Waals surface area contributed by atoms with Gasteiger partial charge < -0.3 is 5.32 Å². The van der Waals surface area contributed by atoms with Gasteiger partial charge in [-0.2, -0.15) is 0 Å². The Morgan fingerprint density at radius 2 is 2.07 bits per heavy atom. The van der Waals surface area contributed by atoms with Gasteiger partial charge >= 0.3 is 0 Å². The molecule has 0 aromatic carbocycles. The lowest BCUT2D eigenvalue weighted by atomic mass is 9.62. The van der Waals surface area contributed by atoms with Crippen LogP contribution in [0.1, 0.15) is 53.4 Å². The molecular weight excluding hydrogens is 170 g/mol. The van der Waals surface area contributed by atoms with Gasteiger partial charge in [0, 0.05) is 0 Å². The van der Waals surface area contributed by atoms with E-state index < -0.39 is 0 Å². The summed E-state index contributed by atoms with van der Waals surface area (Å²) >= 11 is 0. The molecule has 2 atom stereocenters. The van der Waals surface area contributed by atoms with Crippen molar-refractivity contribution in [1.82, 2.24) is 5.32 Å². The van der Waals surface area contributed by atoms with Gasteiger partial charge in [0.2, 0.25) is 0 Å². The summed E-state index contributed by atoms with van der Waals surface area (Å²) in [7, 11) is 0. The normalized spacial score (nSPS) is 33.6. The first kappa shape index (κ1) is 12.0. The molecule has 0 amide bonds. The second-order valence-electron chi connectivity index (χ2n) is 5.27. The SMILES string of the molecule is CCCC1(CC)CCNCC1C(C)C. The molecule has 0 aromatic rings. The fourth-order valence-electron chi connectivity index (χ4n) is 3.36. The standard InChI is InChI=1S/C13H27N/c1-5-7-13(6-2)8-9-14-10-12(13)11(3)4/h11-12,14H,5-10H2,1-4H3. The molecule has 1 aliphatic rings. The zero-order valence-corrected chi connectivity index (χ0v) is 10.4. The Hall–Kier alpha value is -0.0400. The van der Waals surface area contributed by atoms with Crippen LogP contribution in [0.4, 0.5) is 0 Å². The fraction of sp³-hybridized carbons (Fsp3) is 1.00. The van der Waals surface area contributed by atoms with Crippen molar-refractivity contribution in [2.24, 2.45) is 17.3 Å². The van der Waals surface area contributed by atoms with E-state index in [1.165, 1.54) is 38.8 Å². The molecule has 0 spiro atoms. The van der Waals surface area contributed by atoms with E-state index in [0.717, 1.165) is 11.8 Å². The summed E-state index contributed by atoms with van der Waals surface area (Å²) < 4.78 is 0. The van der Waals surface area contributed by atoms with Gasteiger partial charge in [0.05, 0.1) is 0 Å². The first-order valence-electron chi connectivity index (χ1n) is 6.37. The van der Waals surface area contributed by atoms with Crippen LogP contribution in [-0.4, -0.2) is 13.1 Å². The minimum absolute atomic E-state index is 0.647. The largest absolute Gasteiger partial charge is 0.316 e. The Morgan fingerprint density at radius 3 is 2.57 bits per heavy atom. The summed E-state index contributed by atoms with van der Waals surface area (Å²) in [6.45, 7) is 12.0. The fourth-order valence-corrected chi connectivity index (χ4v) is 3.36. The van der Waals surface area contributed by atoms with E-state index in [9.17, 15) is 0 Å². The molecule has 1 rings (SSSR count). The topological polar surface area (TPSA) is 12.0 Å². The van der Waals surface area contributed by atoms with Gasteiger partial charge in [-0.1, -0.05) is 40.5 Å². The average Bonchev–Trinajstić information content (AvgIpc) is 2.18. The number of hydrogen-bond acceptors (Lipinski definition) is 1. The van der Waals surface area contributed by atoms with Gasteiger partial charge in [-0.3, -0.25) is 0 Å². The van der Waals surface area contributed by atoms with Crippen LogP contribution in [0.15, 0.2) is 0 Å². The van der Waals surface area contributed by atoms with Crippen LogP contribution >= 0.6 is 0 Å². The van der Waals surface area contributed by atoms with Crippen LogP contribution < -0.4 is 5.32 Å². The lowest BCUT2D eigenvalue weighted by molar-refractivity contribution is 0.0556. The molecule has 1 heterocycles. The van der Waals surface area contributed by atoms with Crippen molar-refractivity contribution in [3.63, 3.8) is 0 Å². The number of rotatable bonds is 4. The molecule has 84 valence electrons. The average molecular weight is 197 g/mol. The van der Waals surface area contributed by atoms with E-state index in [-0.39, 0.29) is 0 Å². The molecule has 1 aliphatic heterocycles. The van der Waals surface area contributed by atoms with E-state index >= 15 is 0 Å². The van der Waals surface area contributed by atoms with E-state index in [1.807, 2.05) is 0 Å². The van der Waals surface area contributed by atoms with Gasteiger partial charge in [-0.05, 0) is 43.2 Å². The number of nitrogens with one attached hydrogen (secondary N) is 1. The van der Waals surface area contributed by atoms with Gasteiger partial charge in [-0.25, -0.2) is 0 Å². The molecule has 1 N–H and O–H groups in total. The van der Waals surface area contributed by atoms with Gasteiger partial charge in [0.25, 0.3) is 0 Å². The van der Waals surface area contributed by atoms with Crippen molar-refractivity contribution in [1.29, 1.82) is 0 Å². The Balaban J connectivity index is 2.75. The van der Waals surface area contributed by atoms with Crippen LogP contribution in [0.3, 0.4) is 0 Å². The van der Waals surface area contributed by atoms with Crippen molar-refractivity contribution < 1.29 is 0 Å². The zero-order valence-electron chi connectivity index (χ0n) is 10.4. The summed E-state index contributed by atoms with van der Waals surface area (Å²) in [6.07, 6.45) is 5.52. The number of hydrogen-bond donors (Lipinski definition) is 1. The minimum atomic E-state index is 0.647. The molecule has 1 heteroatoms. The Labute approximate surface area is 89.7 Å². The lowest BCUT2D eigenvalue weighted by Crippen LogP contribution is -2.47. The minimum Gasteiger partial charge on any atom is -0.316 e. The first-order valence-corrected chi connectivity index (χ1v) is 6.37. The van der Waals surface area contributed by atoms with E-state index in [4.69, 9.17) is 0 Å². The summed E-state index contributed by atoms with van der Waals surface area (Å²) in [5.41, 5.74) is 0.647. The van der Waals surface area contributed by atoms with E-state index in [2.05, 4.69) is 33.0 Å². The highest BCUT2D eigenvalue weighted by molar-refractivity contribution is 4.91. The summed E-state index contributed by atoms with van der Waals surface area (Å²) in [5.74, 6) is 1.72. The molecule has 0 radical (unpaired) electrons. The highest BCUT2D eigenvalue weighted by Crippen LogP contribution is 2.44. The maximum atomic E-state index is 3.56. The Kier molecular flexibility index (Phi) is 4.43. The predicted molar refractivity (Wildman–Crippen MR) is 63.4 cm³/mol. The smallest absolute Gasteiger partial charge is 0.00127 e. The highest BCUT2D eigenvalue weighted by Gasteiger charge is 2.39. The van der Waals surface area contributed by atoms with Crippen molar-refractivity contribution in [3.05, 3.63) is 0 Å². The number of piperidine rings is 1. The molecule has 14 heavy (non-hydrogen) atoms. The molecular formula is C13H27N. The van der Waals surface area contributed by atoms with Crippen molar-refractivity contribution in [2.75, 3.05) is 13.1 Å². The van der Waals surface area contributed by atoms with Crippen LogP contribution in [0, 0.1) is 17.3 Å². The molecule has 1 fully saturated rings. The molecule has 0 aromatic heterocycles. The first-order chi connectivity index (χ1) is 6.66. The summed E-state index contributed by atoms with van der Waals surface area (Å²) in [6, 6.07) is 0. The lowest BCUT2D eigenvalue weighted by Gasteiger charge is -2.46. The second kappa shape index (κ2) is 5.16. The van der Waals surface area contributed by atoms with Crippen molar-refractivity contribution >= 4 is 0 Å². The Bertz CT molecular complexity index is 161. The molecule has 0 bridgehead atoms. The highest BCUT2D eigenvalue weighted by atomic mass is 14.9. The third-order valence-electron chi connectivity index (χ3n) is 4.21. The molecule has 2 unspecified atom stereocenters. The molecule has 0 saturated carbocycles. The quantitative estimate of drug-likeness (QED) is 0.728. The summed E-state index contributed by atoms with van der Waals surface area (Å²) in [5, 5.41) is 3.56. The van der Waals surface area contributed by atoms with Crippen molar-refractivity contribution in [2.45, 2.75) is 53.4 Å². The van der Waals surface area contributed by atoms with E-state index in [0.29, 0.717) is 5.41 Å². The maximum Gasteiger partial charge on any atom is -0.00127 e.